The Morgan fingerprint density at radius 2 is 1.76 bits per heavy atom. The van der Waals surface area contributed by atoms with Crippen molar-refractivity contribution in [2.45, 2.75) is 62.7 Å². The van der Waals surface area contributed by atoms with E-state index >= 15 is 0 Å². The number of hydrogen-bond acceptors (Lipinski definition) is 8. The molecule has 0 aromatic rings. The van der Waals surface area contributed by atoms with E-state index in [4.69, 9.17) is 22.3 Å². The van der Waals surface area contributed by atoms with E-state index < -0.39 is 60.2 Å². The van der Waals surface area contributed by atoms with Gasteiger partial charge in [0.25, 0.3) is 0 Å². The number of amides is 3. The van der Waals surface area contributed by atoms with E-state index in [0.717, 1.165) is 0 Å². The molecule has 1 heterocycles. The lowest BCUT2D eigenvalue weighted by Crippen LogP contribution is -2.57. The number of likely N-dealkylation sites (tertiary alicyclic amines) is 1. The van der Waals surface area contributed by atoms with Gasteiger partial charge in [0, 0.05) is 25.3 Å². The first-order chi connectivity index (χ1) is 16.0. The third-order valence-corrected chi connectivity index (χ3v) is 5.59. The molecular weight excluding hydrogens is 470 g/mol. The summed E-state index contributed by atoms with van der Waals surface area (Å²) in [5, 5.41) is 23.0. The van der Waals surface area contributed by atoms with Gasteiger partial charge in [-0.05, 0) is 32.1 Å². The second-order valence-corrected chi connectivity index (χ2v) is 8.19. The maximum absolute atomic E-state index is 13.3. The van der Waals surface area contributed by atoms with Gasteiger partial charge in [-0.2, -0.15) is 12.6 Å². The first-order valence-corrected chi connectivity index (χ1v) is 11.4. The van der Waals surface area contributed by atoms with Crippen LogP contribution < -0.4 is 27.8 Å². The predicted molar refractivity (Wildman–Crippen MR) is 125 cm³/mol. The van der Waals surface area contributed by atoms with Gasteiger partial charge >= 0.3 is 11.9 Å². The van der Waals surface area contributed by atoms with Crippen molar-refractivity contribution in [2.75, 3.05) is 18.8 Å². The Morgan fingerprint density at radius 1 is 1.09 bits per heavy atom. The summed E-state index contributed by atoms with van der Waals surface area (Å²) in [4.78, 5) is 65.6. The maximum atomic E-state index is 13.3. The Kier molecular flexibility index (Phi) is 12.1. The van der Waals surface area contributed by atoms with Crippen LogP contribution in [0, 0.1) is 0 Å². The minimum absolute atomic E-state index is 0.0579. The van der Waals surface area contributed by atoms with E-state index in [1.807, 2.05) is 0 Å². The average molecular weight is 504 g/mol. The number of aliphatic carboxylic acids is 2. The molecule has 1 saturated heterocycles. The van der Waals surface area contributed by atoms with E-state index in [9.17, 15) is 29.1 Å². The molecule has 0 spiro atoms. The summed E-state index contributed by atoms with van der Waals surface area (Å²) in [6, 6.07) is -4.33. The van der Waals surface area contributed by atoms with E-state index in [-0.39, 0.29) is 44.1 Å². The second-order valence-electron chi connectivity index (χ2n) is 7.82. The maximum Gasteiger partial charge on any atom is 0.326 e. The summed E-state index contributed by atoms with van der Waals surface area (Å²) < 4.78 is 0. The molecule has 14 nitrogen and oxygen atoms in total. The highest BCUT2D eigenvalue weighted by atomic mass is 32.1. The van der Waals surface area contributed by atoms with Crippen LogP contribution in [0.15, 0.2) is 4.99 Å². The van der Waals surface area contributed by atoms with E-state index in [1.165, 1.54) is 4.90 Å². The first kappa shape index (κ1) is 29.0. The van der Waals surface area contributed by atoms with E-state index in [0.29, 0.717) is 12.8 Å². The van der Waals surface area contributed by atoms with Crippen molar-refractivity contribution in [3.8, 4) is 0 Å². The molecule has 0 aromatic heterocycles. The number of hydrogen-bond donors (Lipinski definition) is 8. The molecular formula is C19H33N7O7S. The van der Waals surface area contributed by atoms with Crippen LogP contribution in [-0.2, 0) is 24.0 Å². The number of nitrogens with two attached hydrogens (primary N) is 3. The standard InChI is InChI=1S/C19H33N7O7S/c20-10(9-34)15(29)24-11(3-1-7-23-19(21)22)17(31)26-8-2-4-13(26)16(30)25-12(18(32)33)5-6-14(27)28/h10-13,34H,1-9,20H2,(H,24,29)(H,25,30)(H,27,28)(H,32,33)(H4,21,22,23). The van der Waals surface area contributed by atoms with Crippen LogP contribution in [-0.4, -0.2) is 93.7 Å². The highest BCUT2D eigenvalue weighted by molar-refractivity contribution is 7.80. The molecule has 0 aliphatic carbocycles. The molecule has 0 radical (unpaired) electrons. The second kappa shape index (κ2) is 14.2. The van der Waals surface area contributed by atoms with Crippen molar-refractivity contribution in [1.29, 1.82) is 0 Å². The van der Waals surface area contributed by atoms with Crippen molar-refractivity contribution in [1.82, 2.24) is 15.5 Å². The Balaban J connectivity index is 2.95. The minimum atomic E-state index is -1.41. The Labute approximate surface area is 202 Å². The summed E-state index contributed by atoms with van der Waals surface area (Å²) in [7, 11) is 0. The number of rotatable bonds is 14. The number of carbonyl (C=O) groups is 5. The van der Waals surface area contributed by atoms with Crippen LogP contribution >= 0.6 is 12.6 Å². The molecule has 3 amide bonds. The zero-order valence-electron chi connectivity index (χ0n) is 18.7. The summed E-state index contributed by atoms with van der Waals surface area (Å²) in [6.45, 7) is 0.442. The predicted octanol–water partition coefficient (Wildman–Crippen LogP) is -2.79. The Bertz CT molecular complexity index is 791. The topological polar surface area (TPSA) is 244 Å². The average Bonchev–Trinajstić information content (AvgIpc) is 3.26. The summed E-state index contributed by atoms with van der Waals surface area (Å²) in [5.74, 6) is -4.46. The first-order valence-electron chi connectivity index (χ1n) is 10.8. The number of carboxylic acids is 2. The van der Waals surface area contributed by atoms with Crippen molar-refractivity contribution < 1.29 is 34.2 Å². The van der Waals surface area contributed by atoms with Crippen LogP contribution in [0.3, 0.4) is 0 Å². The summed E-state index contributed by atoms with van der Waals surface area (Å²) >= 11 is 3.98. The minimum Gasteiger partial charge on any atom is -0.481 e. The van der Waals surface area contributed by atoms with Crippen molar-refractivity contribution in [3.05, 3.63) is 0 Å². The van der Waals surface area contributed by atoms with Gasteiger partial charge in [0.1, 0.15) is 18.1 Å². The van der Waals surface area contributed by atoms with Crippen LogP contribution in [0.5, 0.6) is 0 Å². The fourth-order valence-electron chi connectivity index (χ4n) is 3.42. The molecule has 0 saturated carbocycles. The molecule has 1 rings (SSSR count). The third-order valence-electron chi connectivity index (χ3n) is 5.19. The highest BCUT2D eigenvalue weighted by Gasteiger charge is 2.39. The molecule has 34 heavy (non-hydrogen) atoms. The fourth-order valence-corrected chi connectivity index (χ4v) is 3.58. The van der Waals surface area contributed by atoms with Gasteiger partial charge in [0.05, 0.1) is 6.04 Å². The fraction of sp³-hybridized carbons (Fsp3) is 0.684. The van der Waals surface area contributed by atoms with Gasteiger partial charge in [-0.25, -0.2) is 4.79 Å². The summed E-state index contributed by atoms with van der Waals surface area (Å²) in [6.07, 6.45) is 0.546. The van der Waals surface area contributed by atoms with Crippen LogP contribution in [0.2, 0.25) is 0 Å². The van der Waals surface area contributed by atoms with Crippen LogP contribution in [0.25, 0.3) is 0 Å². The van der Waals surface area contributed by atoms with Crippen molar-refractivity contribution in [2.24, 2.45) is 22.2 Å². The number of aliphatic imine (C=N–C) groups is 1. The highest BCUT2D eigenvalue weighted by Crippen LogP contribution is 2.20. The molecule has 4 unspecified atom stereocenters. The normalized spacial score (nSPS) is 17.8. The lowest BCUT2D eigenvalue weighted by atomic mass is 10.1. The number of carboxylic acid groups (broad SMARTS) is 2. The summed E-state index contributed by atoms with van der Waals surface area (Å²) in [5.41, 5.74) is 16.3. The molecule has 0 aromatic carbocycles. The van der Waals surface area contributed by atoms with Crippen molar-refractivity contribution >= 4 is 48.2 Å². The SMILES string of the molecule is NC(N)=NCCCC(NC(=O)C(N)CS)C(=O)N1CCCC1C(=O)NC(CCC(=O)O)C(=O)O. The van der Waals surface area contributed by atoms with Gasteiger partial charge in [-0.15, -0.1) is 0 Å². The Morgan fingerprint density at radius 3 is 2.32 bits per heavy atom. The van der Waals surface area contributed by atoms with Gasteiger partial charge in [0.2, 0.25) is 17.7 Å². The van der Waals surface area contributed by atoms with E-state index in [1.54, 1.807) is 0 Å². The molecule has 0 bridgehead atoms. The zero-order valence-corrected chi connectivity index (χ0v) is 19.6. The zero-order chi connectivity index (χ0) is 25.8. The molecule has 10 N–H and O–H groups in total. The van der Waals surface area contributed by atoms with Crippen molar-refractivity contribution in [3.63, 3.8) is 0 Å². The largest absolute Gasteiger partial charge is 0.481 e. The smallest absolute Gasteiger partial charge is 0.326 e. The molecule has 1 aliphatic heterocycles. The van der Waals surface area contributed by atoms with Gasteiger partial charge in [0.15, 0.2) is 5.96 Å². The number of thiol groups is 1. The van der Waals surface area contributed by atoms with E-state index in [2.05, 4.69) is 28.3 Å². The molecule has 15 heteroatoms. The molecule has 1 fully saturated rings. The van der Waals surface area contributed by atoms with Gasteiger partial charge in [-0.3, -0.25) is 24.2 Å². The number of nitrogens with zero attached hydrogens (tertiary/aromatic N) is 2. The Hall–Kier alpha value is -3.07. The lowest BCUT2D eigenvalue weighted by molar-refractivity contribution is -0.145. The third kappa shape index (κ3) is 9.43. The lowest BCUT2D eigenvalue weighted by Gasteiger charge is -2.30. The molecule has 192 valence electrons. The van der Waals surface area contributed by atoms with Crippen LogP contribution in [0.4, 0.5) is 0 Å². The molecule has 1 aliphatic rings. The van der Waals surface area contributed by atoms with Gasteiger partial charge in [-0.1, -0.05) is 0 Å². The van der Waals surface area contributed by atoms with Gasteiger partial charge < -0.3 is 42.9 Å². The molecule has 4 atom stereocenters. The number of guanidine groups is 1. The monoisotopic (exact) mass is 503 g/mol. The quantitative estimate of drug-likeness (QED) is 0.0524. The number of nitrogens with one attached hydrogen (secondary N) is 2. The van der Waals surface area contributed by atoms with Crippen LogP contribution in [0.1, 0.15) is 38.5 Å². The number of carbonyl (C=O) groups excluding carboxylic acids is 3.